The summed E-state index contributed by atoms with van der Waals surface area (Å²) in [5.74, 6) is 0. The van der Waals surface area contributed by atoms with Gasteiger partial charge in [0, 0.05) is 0 Å². The fourth-order valence-electron chi connectivity index (χ4n) is 2.72. The van der Waals surface area contributed by atoms with Crippen molar-refractivity contribution in [3.05, 3.63) is 28.1 Å². The van der Waals surface area contributed by atoms with Gasteiger partial charge in [0.1, 0.15) is 0 Å². The summed E-state index contributed by atoms with van der Waals surface area (Å²) in [5.41, 5.74) is 1.61. The first kappa shape index (κ1) is 25.7. The van der Waals surface area contributed by atoms with Crippen molar-refractivity contribution in [2.75, 3.05) is 0 Å². The molecule has 1 rings (SSSR count). The Bertz CT molecular complexity index is 441. The van der Waals surface area contributed by atoms with Crippen LogP contribution in [0.2, 0.25) is 14.8 Å². The fourth-order valence-corrected chi connectivity index (χ4v) is 9.05. The number of halogens is 1. The molecule has 0 radical (unpaired) electrons. The van der Waals surface area contributed by atoms with Crippen LogP contribution in [0, 0.1) is 0 Å². The van der Waals surface area contributed by atoms with E-state index >= 15 is 0 Å². The molecule has 1 aromatic rings. The van der Waals surface area contributed by atoms with Gasteiger partial charge in [-0.3, -0.25) is 0 Å². The van der Waals surface area contributed by atoms with Crippen molar-refractivity contribution in [2.45, 2.75) is 99.3 Å². The van der Waals surface area contributed by atoms with E-state index in [0.29, 0.717) is 0 Å². The summed E-state index contributed by atoms with van der Waals surface area (Å²) in [5, 5.41) is 2.42. The Morgan fingerprint density at radius 2 is 1.40 bits per heavy atom. The summed E-state index contributed by atoms with van der Waals surface area (Å²) in [4.78, 5) is 7.56. The van der Waals surface area contributed by atoms with Crippen molar-refractivity contribution in [1.29, 1.82) is 0 Å². The van der Waals surface area contributed by atoms with Gasteiger partial charge < -0.3 is 0 Å². The van der Waals surface area contributed by atoms with Gasteiger partial charge in [-0.05, 0) is 11.4 Å². The monoisotopic (exact) mass is 536 g/mol. The van der Waals surface area contributed by atoms with Gasteiger partial charge in [-0.1, -0.05) is 42.3 Å². The summed E-state index contributed by atoms with van der Waals surface area (Å²) < 4.78 is 2.72. The first-order chi connectivity index (χ1) is 11.8. The zero-order chi connectivity index (χ0) is 19.1. The maximum atomic E-state index is 3.47. The van der Waals surface area contributed by atoms with E-state index in [1.807, 2.05) is 18.3 Å². The minimum atomic E-state index is -1.79. The van der Waals surface area contributed by atoms with Crippen LogP contribution in [0.3, 0.4) is 0 Å². The van der Waals surface area contributed by atoms with E-state index in [1.165, 1.54) is 70.6 Å². The summed E-state index contributed by atoms with van der Waals surface area (Å²) >= 11 is 3.32. The molecule has 0 saturated heterocycles. The van der Waals surface area contributed by atoms with Gasteiger partial charge in [0.25, 0.3) is 0 Å². The zero-order valence-corrected chi connectivity index (χ0v) is 22.7. The van der Waals surface area contributed by atoms with Crippen LogP contribution in [-0.2, 0) is 6.42 Å². The molecule has 1 aromatic heterocycles. The van der Waals surface area contributed by atoms with Crippen molar-refractivity contribution in [3.63, 3.8) is 0 Å². The summed E-state index contributed by atoms with van der Waals surface area (Å²) in [6.07, 6.45) is 15.7. The molecule has 3 heteroatoms. The minimum absolute atomic E-state index is 0.979. The Morgan fingerprint density at radius 1 is 0.960 bits per heavy atom. The number of rotatable bonds is 12. The fraction of sp³-hybridized carbons (Fsp3) is 0.727. The van der Waals surface area contributed by atoms with Crippen LogP contribution in [-0.4, -0.2) is 18.4 Å². The zero-order valence-electron chi connectivity index (χ0n) is 17.4. The molecule has 0 saturated carbocycles. The molecular weight excluding hydrogens is 495 g/mol. The Morgan fingerprint density at radius 3 is 1.80 bits per heavy atom. The number of aryl methyl sites for hydroxylation is 1. The summed E-state index contributed by atoms with van der Waals surface area (Å²) in [6.45, 7) is 7.65. The van der Waals surface area contributed by atoms with E-state index in [2.05, 4.69) is 55.7 Å². The molecule has 0 nitrogen and oxygen atoms in total. The second-order valence-corrected chi connectivity index (χ2v) is 25.9. The quantitative estimate of drug-likeness (QED) is 0.185. The topological polar surface area (TPSA) is 0 Å². The Kier molecular flexibility index (Phi) is 16.2. The van der Waals surface area contributed by atoms with Crippen molar-refractivity contribution in [2.24, 2.45) is 0 Å². The first-order valence-electron chi connectivity index (χ1n) is 10.2. The first-order valence-corrected chi connectivity index (χ1v) is 21.8. The van der Waals surface area contributed by atoms with Crippen LogP contribution in [0.15, 0.2) is 22.5 Å². The van der Waals surface area contributed by atoms with Crippen LogP contribution in [0.5, 0.6) is 0 Å². The van der Waals surface area contributed by atoms with Crippen LogP contribution in [0.25, 0.3) is 0 Å². The average Bonchev–Trinajstić information content (AvgIpc) is 2.98. The average molecular weight is 536 g/mol. The number of hydrogen-bond donors (Lipinski definition) is 0. The number of thiophene rings is 1. The summed E-state index contributed by atoms with van der Waals surface area (Å²) in [7, 11) is 0. The molecule has 0 N–H and O–H groups in total. The van der Waals surface area contributed by atoms with Crippen LogP contribution in [0.1, 0.15) is 83.6 Å². The number of allylic oxidation sites excluding steroid dienone is 1. The van der Waals surface area contributed by atoms with E-state index in [0.717, 1.165) is 4.48 Å². The second-order valence-electron chi connectivity index (χ2n) is 8.18. The molecule has 0 aromatic carbocycles. The molecule has 0 bridgehead atoms. The van der Waals surface area contributed by atoms with Gasteiger partial charge in [0.15, 0.2) is 0 Å². The van der Waals surface area contributed by atoms with Gasteiger partial charge in [-0.2, -0.15) is 0 Å². The van der Waals surface area contributed by atoms with Crippen molar-refractivity contribution < 1.29 is 0 Å². The van der Waals surface area contributed by atoms with E-state index in [4.69, 9.17) is 0 Å². The van der Waals surface area contributed by atoms with Gasteiger partial charge in [-0.25, -0.2) is 0 Å². The third kappa shape index (κ3) is 16.6. The van der Waals surface area contributed by atoms with E-state index < -0.39 is 18.4 Å². The van der Waals surface area contributed by atoms with E-state index in [-0.39, 0.29) is 0 Å². The molecule has 146 valence electrons. The third-order valence-electron chi connectivity index (χ3n) is 4.21. The third-order valence-corrected chi connectivity index (χ3v) is 14.8. The van der Waals surface area contributed by atoms with Gasteiger partial charge in [0.05, 0.1) is 0 Å². The predicted octanol–water partition coefficient (Wildman–Crippen LogP) is 8.67. The Balaban J connectivity index is 0.00000129. The van der Waals surface area contributed by atoms with Crippen LogP contribution < -0.4 is 2.89 Å². The standard InChI is InChI=1S/C16H27S.C3H5Br.3CH3.Sn/c1-2-3-4-5-6-7-8-9-10-11-12-16-13-14-17-15-16;1-3(2)4;;;;/h13,15H,2-12H2,1H3;1H2,2H3;3*1H3;. The molecule has 0 aliphatic rings. The van der Waals surface area contributed by atoms with Crippen molar-refractivity contribution >= 4 is 48.5 Å². The van der Waals surface area contributed by atoms with Crippen LogP contribution in [0.4, 0.5) is 0 Å². The molecule has 0 aliphatic carbocycles. The molecule has 0 unspecified atom stereocenters. The predicted molar refractivity (Wildman–Crippen MR) is 127 cm³/mol. The summed E-state index contributed by atoms with van der Waals surface area (Å²) in [6, 6.07) is 2.52. The molecule has 0 fully saturated rings. The molecule has 0 aliphatic heterocycles. The second kappa shape index (κ2) is 15.7. The van der Waals surface area contributed by atoms with E-state index in [9.17, 15) is 0 Å². The van der Waals surface area contributed by atoms with Crippen LogP contribution >= 0.6 is 27.3 Å². The number of unbranched alkanes of at least 4 members (excludes halogenated alkanes) is 9. The molecule has 0 amide bonds. The van der Waals surface area contributed by atoms with Crippen molar-refractivity contribution in [3.8, 4) is 0 Å². The number of hydrogen-bond acceptors (Lipinski definition) is 1. The Labute approximate surface area is 174 Å². The van der Waals surface area contributed by atoms with E-state index in [1.54, 1.807) is 8.46 Å². The van der Waals surface area contributed by atoms with Gasteiger partial charge >= 0.3 is 122 Å². The Hall–Kier alpha value is 0.719. The molecular formula is C22H41BrSSn. The molecule has 0 atom stereocenters. The van der Waals surface area contributed by atoms with Crippen molar-refractivity contribution in [1.82, 2.24) is 0 Å². The molecule has 1 heterocycles. The maximum absolute atomic E-state index is 3.47. The normalized spacial score (nSPS) is 11.1. The van der Waals surface area contributed by atoms with Gasteiger partial charge in [-0.15, -0.1) is 0 Å². The van der Waals surface area contributed by atoms with Gasteiger partial charge in [0.2, 0.25) is 0 Å². The molecule has 25 heavy (non-hydrogen) atoms. The molecule has 0 spiro atoms. The SMILES string of the molecule is C=C(C)Br.CCCCCCCCCCCCc1cs[c]([Sn]([CH3])([CH3])[CH3])c1.